The zero-order valence-electron chi connectivity index (χ0n) is 19.6. The lowest BCUT2D eigenvalue weighted by molar-refractivity contribution is -0.126. The van der Waals surface area contributed by atoms with Crippen molar-refractivity contribution < 1.29 is 13.2 Å². The highest BCUT2D eigenvalue weighted by Crippen LogP contribution is 2.28. The zero-order chi connectivity index (χ0) is 23.9. The number of piperidine rings is 1. The highest BCUT2D eigenvalue weighted by Gasteiger charge is 2.34. The van der Waals surface area contributed by atoms with Crippen LogP contribution in [0.1, 0.15) is 42.0 Å². The first-order chi connectivity index (χ1) is 16.3. The van der Waals surface area contributed by atoms with Crippen LogP contribution in [-0.4, -0.2) is 51.1 Å². The smallest absolute Gasteiger partial charge is 0.262 e. The molecular weight excluding hydrogens is 452 g/mol. The first-order valence-corrected chi connectivity index (χ1v) is 13.2. The zero-order valence-corrected chi connectivity index (χ0v) is 20.4. The third kappa shape index (κ3) is 4.16. The van der Waals surface area contributed by atoms with Crippen LogP contribution in [0.25, 0.3) is 5.69 Å². The van der Waals surface area contributed by atoms with Gasteiger partial charge in [-0.3, -0.25) is 4.79 Å². The van der Waals surface area contributed by atoms with E-state index in [0.29, 0.717) is 38.3 Å². The Morgan fingerprint density at radius 3 is 2.56 bits per heavy atom. The van der Waals surface area contributed by atoms with Crippen molar-refractivity contribution in [1.82, 2.24) is 29.0 Å². The molecule has 0 radical (unpaired) electrons. The summed E-state index contributed by atoms with van der Waals surface area (Å²) in [5.74, 6) is 0.405. The van der Waals surface area contributed by atoms with E-state index < -0.39 is 10.0 Å². The van der Waals surface area contributed by atoms with Gasteiger partial charge in [0.05, 0.1) is 17.9 Å². The fourth-order valence-electron chi connectivity index (χ4n) is 4.89. The van der Waals surface area contributed by atoms with Crippen LogP contribution in [0.2, 0.25) is 0 Å². The molecule has 3 heterocycles. The van der Waals surface area contributed by atoms with E-state index in [2.05, 4.69) is 10.3 Å². The highest BCUT2D eigenvalue weighted by molar-refractivity contribution is 7.89. The molecule has 1 saturated heterocycles. The van der Waals surface area contributed by atoms with Crippen molar-refractivity contribution in [3.8, 4) is 5.69 Å². The van der Waals surface area contributed by atoms with Crippen LogP contribution in [0.15, 0.2) is 41.6 Å². The molecular formula is C24H30N6O3S. The summed E-state index contributed by atoms with van der Waals surface area (Å²) in [6, 6.07) is 10.1. The number of rotatable bonds is 6. The van der Waals surface area contributed by atoms with Gasteiger partial charge in [0.2, 0.25) is 5.91 Å². The minimum absolute atomic E-state index is 0.0354. The average molecular weight is 483 g/mol. The maximum Gasteiger partial charge on any atom is 0.262 e. The lowest BCUT2D eigenvalue weighted by Gasteiger charge is -2.29. The van der Waals surface area contributed by atoms with E-state index in [1.54, 1.807) is 18.5 Å². The van der Waals surface area contributed by atoms with Gasteiger partial charge in [0.15, 0.2) is 5.03 Å². The van der Waals surface area contributed by atoms with Gasteiger partial charge in [0, 0.05) is 37.9 Å². The number of hydrogen-bond donors (Lipinski definition) is 1. The maximum absolute atomic E-state index is 12.9. The Kier molecular flexibility index (Phi) is 6.03. The van der Waals surface area contributed by atoms with E-state index in [1.807, 2.05) is 35.0 Å². The van der Waals surface area contributed by atoms with Crippen LogP contribution < -0.4 is 5.32 Å². The first-order valence-electron chi connectivity index (χ1n) is 11.8. The molecule has 2 aromatic heterocycles. The Morgan fingerprint density at radius 1 is 1.15 bits per heavy atom. The molecule has 0 unspecified atom stereocenters. The van der Waals surface area contributed by atoms with Crippen LogP contribution in [-0.2, 0) is 41.3 Å². The summed E-state index contributed by atoms with van der Waals surface area (Å²) in [4.78, 5) is 17.1. The number of aromatic nitrogens is 4. The Bertz CT molecular complexity index is 1280. The molecule has 1 fully saturated rings. The Morgan fingerprint density at radius 2 is 1.88 bits per heavy atom. The number of nitrogens with one attached hydrogen (secondary N) is 1. The van der Waals surface area contributed by atoms with Crippen molar-refractivity contribution in [2.24, 2.45) is 13.0 Å². The monoisotopic (exact) mass is 482 g/mol. The van der Waals surface area contributed by atoms with Crippen LogP contribution in [0, 0.1) is 12.8 Å². The molecule has 0 spiro atoms. The van der Waals surface area contributed by atoms with Crippen molar-refractivity contribution in [2.75, 3.05) is 13.1 Å². The molecule has 0 bridgehead atoms. The number of carbonyl (C=O) groups excluding carboxylic acids is 1. The van der Waals surface area contributed by atoms with E-state index in [9.17, 15) is 13.2 Å². The Labute approximate surface area is 199 Å². The summed E-state index contributed by atoms with van der Waals surface area (Å²) in [6.45, 7) is 2.79. The summed E-state index contributed by atoms with van der Waals surface area (Å²) >= 11 is 0. The van der Waals surface area contributed by atoms with Gasteiger partial charge >= 0.3 is 0 Å². The molecule has 5 rings (SSSR count). The number of fused-ring (bicyclic) bond motifs is 1. The number of nitrogens with zero attached hydrogens (tertiary/aromatic N) is 5. The fourth-order valence-corrected chi connectivity index (χ4v) is 6.39. The second-order valence-corrected chi connectivity index (χ2v) is 11.0. The second kappa shape index (κ2) is 8.99. The van der Waals surface area contributed by atoms with Gasteiger partial charge in [-0.15, -0.1) is 0 Å². The average Bonchev–Trinajstić information content (AvgIpc) is 3.55. The molecule has 3 aromatic rings. The van der Waals surface area contributed by atoms with Crippen molar-refractivity contribution in [1.29, 1.82) is 0 Å². The van der Waals surface area contributed by atoms with Gasteiger partial charge in [-0.2, -0.15) is 9.40 Å². The third-order valence-electron chi connectivity index (χ3n) is 6.96. The third-order valence-corrected chi connectivity index (χ3v) is 8.73. The number of amides is 1. The minimum Gasteiger partial charge on any atom is -0.350 e. The SMILES string of the molecule is Cc1nc(S(=O)(=O)N2CCC(C(=O)NCc3nn(-c4ccccc4)c4c3CCC4)CC2)cn1C. The summed E-state index contributed by atoms with van der Waals surface area (Å²) in [5.41, 5.74) is 4.44. The van der Waals surface area contributed by atoms with Gasteiger partial charge in [0.25, 0.3) is 10.0 Å². The molecule has 1 amide bonds. The normalized spacial score (nSPS) is 17.1. The predicted molar refractivity (Wildman–Crippen MR) is 127 cm³/mol. The first kappa shape index (κ1) is 22.8. The van der Waals surface area contributed by atoms with Crippen LogP contribution in [0.5, 0.6) is 0 Å². The number of carbonyl (C=O) groups is 1. The number of para-hydroxylation sites is 1. The number of sulfonamides is 1. The summed E-state index contributed by atoms with van der Waals surface area (Å²) in [5, 5.41) is 7.94. The van der Waals surface area contributed by atoms with E-state index in [4.69, 9.17) is 5.10 Å². The molecule has 0 atom stereocenters. The summed E-state index contributed by atoms with van der Waals surface area (Å²) in [6.07, 6.45) is 5.60. The van der Waals surface area contributed by atoms with E-state index in [1.165, 1.54) is 21.8 Å². The van der Waals surface area contributed by atoms with Crippen LogP contribution in [0.3, 0.4) is 0 Å². The molecule has 1 aliphatic carbocycles. The van der Waals surface area contributed by atoms with Gasteiger partial charge in [-0.1, -0.05) is 18.2 Å². The topological polar surface area (TPSA) is 102 Å². The maximum atomic E-state index is 12.9. The standard InChI is InChI=1S/C24H30N6O3S/c1-17-26-23(16-28(17)2)34(32,33)29-13-11-18(12-14-29)24(31)25-15-21-20-9-6-10-22(20)30(27-21)19-7-4-3-5-8-19/h3-5,7-8,16,18H,6,9-15H2,1-2H3,(H,25,31). The highest BCUT2D eigenvalue weighted by atomic mass is 32.2. The molecule has 2 aliphatic rings. The van der Waals surface area contributed by atoms with Gasteiger partial charge in [0.1, 0.15) is 5.82 Å². The molecule has 34 heavy (non-hydrogen) atoms. The summed E-state index contributed by atoms with van der Waals surface area (Å²) in [7, 11) is -1.87. The fraction of sp³-hybridized carbons (Fsp3) is 0.458. The Balaban J connectivity index is 1.21. The number of aryl methyl sites for hydroxylation is 2. The molecule has 0 saturated carbocycles. The van der Waals surface area contributed by atoms with Gasteiger partial charge < -0.3 is 9.88 Å². The van der Waals surface area contributed by atoms with Gasteiger partial charge in [-0.05, 0) is 56.7 Å². The van der Waals surface area contributed by atoms with Crippen LogP contribution >= 0.6 is 0 Å². The molecule has 10 heteroatoms. The lowest BCUT2D eigenvalue weighted by Crippen LogP contribution is -2.43. The quantitative estimate of drug-likeness (QED) is 0.580. The summed E-state index contributed by atoms with van der Waals surface area (Å²) < 4.78 is 31.0. The minimum atomic E-state index is -3.64. The van der Waals surface area contributed by atoms with E-state index in [-0.39, 0.29) is 16.9 Å². The molecule has 180 valence electrons. The predicted octanol–water partition coefficient (Wildman–Crippen LogP) is 2.12. The molecule has 1 aromatic carbocycles. The van der Waals surface area contributed by atoms with Crippen molar-refractivity contribution in [3.63, 3.8) is 0 Å². The molecule has 1 N–H and O–H groups in total. The number of imidazole rings is 1. The number of hydrogen-bond acceptors (Lipinski definition) is 5. The van der Waals surface area contributed by atoms with Crippen molar-refractivity contribution in [3.05, 3.63) is 59.3 Å². The van der Waals surface area contributed by atoms with Crippen molar-refractivity contribution in [2.45, 2.75) is 50.6 Å². The van der Waals surface area contributed by atoms with E-state index >= 15 is 0 Å². The second-order valence-electron chi connectivity index (χ2n) is 9.11. The largest absolute Gasteiger partial charge is 0.350 e. The molecule has 9 nitrogen and oxygen atoms in total. The van der Waals surface area contributed by atoms with E-state index in [0.717, 1.165) is 30.6 Å². The van der Waals surface area contributed by atoms with Crippen LogP contribution in [0.4, 0.5) is 0 Å². The van der Waals surface area contributed by atoms with Crippen molar-refractivity contribution >= 4 is 15.9 Å². The Hall–Kier alpha value is -2.98. The molecule has 1 aliphatic heterocycles. The lowest BCUT2D eigenvalue weighted by atomic mass is 9.97. The number of benzene rings is 1. The van der Waals surface area contributed by atoms with Gasteiger partial charge in [-0.25, -0.2) is 18.1 Å².